The van der Waals surface area contributed by atoms with Crippen LogP contribution in [0.5, 0.6) is 0 Å². The number of aliphatic imine (C=N–C) groups is 1. The number of nitrogens with zero attached hydrogens (tertiary/aromatic N) is 2. The predicted molar refractivity (Wildman–Crippen MR) is 120 cm³/mol. The fraction of sp³-hybridized carbons (Fsp3) is 0.476. The van der Waals surface area contributed by atoms with Gasteiger partial charge in [-0.3, -0.25) is 10.1 Å². The van der Waals surface area contributed by atoms with Gasteiger partial charge in [0.15, 0.2) is 0 Å². The highest BCUT2D eigenvalue weighted by atomic mass is 35.5. The van der Waals surface area contributed by atoms with Crippen LogP contribution in [-0.2, 0) is 4.79 Å². The number of amides is 1. The molecule has 3 saturated carbocycles. The van der Waals surface area contributed by atoms with E-state index in [2.05, 4.69) is 46.4 Å². The van der Waals surface area contributed by atoms with Gasteiger partial charge in [-0.25, -0.2) is 9.98 Å². The molecule has 156 valence electrons. The van der Waals surface area contributed by atoms with E-state index >= 15 is 0 Å². The van der Waals surface area contributed by atoms with Crippen LogP contribution < -0.4 is 10.6 Å². The van der Waals surface area contributed by atoms with Gasteiger partial charge in [0.1, 0.15) is 11.3 Å². The number of fused-ring (bicyclic) bond motifs is 3. The second-order valence-corrected chi connectivity index (χ2v) is 8.79. The van der Waals surface area contributed by atoms with Crippen LogP contribution in [0.15, 0.2) is 35.2 Å². The van der Waals surface area contributed by atoms with Gasteiger partial charge in [-0.05, 0) is 54.2 Å². The number of hydrogen-bond donors (Lipinski definition) is 3. The van der Waals surface area contributed by atoms with Crippen LogP contribution in [0.1, 0.15) is 39.2 Å². The Labute approximate surface area is 182 Å². The molecule has 0 spiro atoms. The van der Waals surface area contributed by atoms with Gasteiger partial charge in [0, 0.05) is 29.4 Å². The highest BCUT2D eigenvalue weighted by Crippen LogP contribution is 2.61. The zero-order chi connectivity index (χ0) is 18.8. The minimum Gasteiger partial charge on any atom is -0.353 e. The Bertz CT molecular complexity index is 996. The van der Waals surface area contributed by atoms with Crippen molar-refractivity contribution in [2.75, 3.05) is 0 Å². The Hall–Kier alpha value is -2.05. The van der Waals surface area contributed by atoms with Crippen molar-refractivity contribution in [3.05, 3.63) is 35.8 Å². The minimum atomic E-state index is -0.162. The van der Waals surface area contributed by atoms with Crippen LogP contribution in [0.2, 0.25) is 0 Å². The molecule has 0 unspecified atom stereocenters. The zero-order valence-corrected chi connectivity index (χ0v) is 18.4. The summed E-state index contributed by atoms with van der Waals surface area (Å²) in [6.45, 7) is 7.11. The summed E-state index contributed by atoms with van der Waals surface area (Å²) in [4.78, 5) is 24.3. The van der Waals surface area contributed by atoms with Gasteiger partial charge in [0.05, 0.1) is 0 Å². The second kappa shape index (κ2) is 7.65. The van der Waals surface area contributed by atoms with Crippen LogP contribution in [0.25, 0.3) is 17.1 Å². The van der Waals surface area contributed by atoms with Crippen molar-refractivity contribution in [1.82, 2.24) is 20.6 Å². The third kappa shape index (κ3) is 3.42. The van der Waals surface area contributed by atoms with E-state index in [1.165, 1.54) is 6.42 Å². The molecule has 3 aliphatic carbocycles. The summed E-state index contributed by atoms with van der Waals surface area (Å²) in [6, 6.07) is 4.25. The van der Waals surface area contributed by atoms with Crippen LogP contribution in [-0.4, -0.2) is 27.9 Å². The molecule has 29 heavy (non-hydrogen) atoms. The molecule has 1 aliphatic heterocycles. The minimum absolute atomic E-state index is 0. The number of aromatic amines is 1. The fourth-order valence-electron chi connectivity index (χ4n) is 5.30. The standard InChI is InChI=1S/C21H25N5O.2ClH/c1-11-15-8-13(21(15,2)3)9-16(11)24-20-25-17(19(27)26-20)7-12-10-23-18-14(12)5-4-6-22-18;;/h4-7,10-11,13,15-16H,8-9H2,1-3H3,(H,22,23)(H2,24,25,26,27);2*1H/b17-7-;;/t11-,13+,15-,16-;;/m1../s1. The summed E-state index contributed by atoms with van der Waals surface area (Å²) in [5.41, 5.74) is 2.61. The van der Waals surface area contributed by atoms with E-state index in [0.29, 0.717) is 29.0 Å². The summed E-state index contributed by atoms with van der Waals surface area (Å²) >= 11 is 0. The Morgan fingerprint density at radius 1 is 1.28 bits per heavy atom. The Morgan fingerprint density at radius 3 is 2.79 bits per heavy atom. The predicted octanol–water partition coefficient (Wildman–Crippen LogP) is 3.89. The first kappa shape index (κ1) is 21.7. The highest BCUT2D eigenvalue weighted by Gasteiger charge is 2.56. The molecule has 8 heteroatoms. The quantitative estimate of drug-likeness (QED) is 0.625. The fourth-order valence-corrected chi connectivity index (χ4v) is 5.30. The molecule has 1 amide bonds. The third-order valence-corrected chi connectivity index (χ3v) is 7.15. The van der Waals surface area contributed by atoms with Crippen molar-refractivity contribution in [3.63, 3.8) is 0 Å². The lowest BCUT2D eigenvalue weighted by molar-refractivity contribution is -0.116. The first-order valence-corrected chi connectivity index (χ1v) is 9.74. The molecule has 2 bridgehead atoms. The number of aromatic nitrogens is 2. The normalized spacial score (nSPS) is 30.7. The molecule has 2 aromatic rings. The van der Waals surface area contributed by atoms with Crippen LogP contribution in [0.4, 0.5) is 0 Å². The maximum atomic E-state index is 12.4. The topological polar surface area (TPSA) is 82.2 Å². The smallest absolute Gasteiger partial charge is 0.276 e. The van der Waals surface area contributed by atoms with Gasteiger partial charge in [0.25, 0.3) is 5.91 Å². The average molecular weight is 436 g/mol. The molecule has 3 heterocycles. The van der Waals surface area contributed by atoms with E-state index in [9.17, 15) is 4.79 Å². The number of guanidine groups is 1. The molecule has 6 rings (SSSR count). The van der Waals surface area contributed by atoms with E-state index in [4.69, 9.17) is 0 Å². The Morgan fingerprint density at radius 2 is 2.07 bits per heavy atom. The largest absolute Gasteiger partial charge is 0.353 e. The first-order valence-electron chi connectivity index (χ1n) is 9.74. The highest BCUT2D eigenvalue weighted by molar-refractivity contribution is 6.14. The number of hydrogen-bond acceptors (Lipinski definition) is 4. The average Bonchev–Trinajstić information content (AvgIpc) is 3.20. The van der Waals surface area contributed by atoms with Crippen LogP contribution in [0.3, 0.4) is 0 Å². The van der Waals surface area contributed by atoms with Gasteiger partial charge >= 0.3 is 0 Å². The second-order valence-electron chi connectivity index (χ2n) is 8.79. The number of halogens is 2. The number of carbonyl (C=O) groups excluding carboxylic acids is 1. The summed E-state index contributed by atoms with van der Waals surface area (Å²) in [5.74, 6) is 2.52. The lowest BCUT2D eigenvalue weighted by atomic mass is 9.45. The SMILES string of the molecule is C[C@@H]1[C@H]2C[C@@H](C[C@H]1NC1=N/C(=C\c3c[nH]c4ncccc34)C(=O)N1)C2(C)C.Cl.Cl. The van der Waals surface area contributed by atoms with Gasteiger partial charge in [-0.1, -0.05) is 20.8 Å². The summed E-state index contributed by atoms with van der Waals surface area (Å²) < 4.78 is 0. The molecule has 0 aromatic carbocycles. The summed E-state index contributed by atoms with van der Waals surface area (Å²) in [5, 5.41) is 7.37. The van der Waals surface area contributed by atoms with Crippen molar-refractivity contribution < 1.29 is 4.79 Å². The Kier molecular flexibility index (Phi) is 5.71. The maximum Gasteiger partial charge on any atom is 0.276 e. The van der Waals surface area contributed by atoms with E-state index in [1.807, 2.05) is 24.4 Å². The zero-order valence-electron chi connectivity index (χ0n) is 16.7. The number of carbonyl (C=O) groups is 1. The summed E-state index contributed by atoms with van der Waals surface area (Å²) in [6.07, 6.45) is 7.90. The van der Waals surface area contributed by atoms with E-state index in [-0.39, 0.29) is 30.7 Å². The van der Waals surface area contributed by atoms with Crippen LogP contribution >= 0.6 is 24.8 Å². The molecule has 6 nitrogen and oxygen atoms in total. The lowest BCUT2D eigenvalue weighted by Gasteiger charge is -2.62. The maximum absolute atomic E-state index is 12.4. The molecule has 0 saturated heterocycles. The molecule has 4 aliphatic rings. The van der Waals surface area contributed by atoms with Gasteiger partial charge in [0.2, 0.25) is 5.96 Å². The first-order chi connectivity index (χ1) is 12.9. The van der Waals surface area contributed by atoms with Gasteiger partial charge in [-0.15, -0.1) is 24.8 Å². The van der Waals surface area contributed by atoms with Crippen molar-refractivity contribution in [2.45, 2.75) is 39.7 Å². The van der Waals surface area contributed by atoms with Crippen LogP contribution in [0, 0.1) is 23.2 Å². The van der Waals surface area contributed by atoms with E-state index < -0.39 is 0 Å². The van der Waals surface area contributed by atoms with Gasteiger partial charge < -0.3 is 10.3 Å². The van der Waals surface area contributed by atoms with E-state index in [0.717, 1.165) is 34.9 Å². The molecule has 3 fully saturated rings. The molecule has 3 N–H and O–H groups in total. The molecule has 0 radical (unpaired) electrons. The van der Waals surface area contributed by atoms with E-state index in [1.54, 1.807) is 6.20 Å². The van der Waals surface area contributed by atoms with Crippen molar-refractivity contribution in [2.24, 2.45) is 28.2 Å². The van der Waals surface area contributed by atoms with Gasteiger partial charge in [-0.2, -0.15) is 0 Å². The Balaban J connectivity index is 0.00000120. The van der Waals surface area contributed by atoms with Crippen molar-refractivity contribution in [3.8, 4) is 0 Å². The molecule has 4 atom stereocenters. The third-order valence-electron chi connectivity index (χ3n) is 7.15. The lowest BCUT2D eigenvalue weighted by Crippen LogP contribution is -2.61. The van der Waals surface area contributed by atoms with Crippen molar-refractivity contribution in [1.29, 1.82) is 0 Å². The number of nitrogens with one attached hydrogen (secondary N) is 3. The molecular weight excluding hydrogens is 409 g/mol. The van der Waals surface area contributed by atoms with Crippen molar-refractivity contribution >= 4 is 53.8 Å². The summed E-state index contributed by atoms with van der Waals surface area (Å²) in [7, 11) is 0. The number of pyridine rings is 1. The molecule has 2 aromatic heterocycles. The monoisotopic (exact) mass is 435 g/mol. The number of H-pyrrole nitrogens is 1. The number of rotatable bonds is 2. The molecular formula is C21H27Cl2N5O.